The Bertz CT molecular complexity index is 785. The van der Waals surface area contributed by atoms with E-state index in [0.717, 1.165) is 11.0 Å². The van der Waals surface area contributed by atoms with Gasteiger partial charge in [0.1, 0.15) is 5.82 Å². The predicted octanol–water partition coefficient (Wildman–Crippen LogP) is 3.44. The lowest BCUT2D eigenvalue weighted by atomic mass is 10.1. The first-order valence-corrected chi connectivity index (χ1v) is 6.56. The molecule has 0 saturated carbocycles. The second-order valence-electron chi connectivity index (χ2n) is 4.50. The van der Waals surface area contributed by atoms with Crippen LogP contribution in [0.25, 0.3) is 5.57 Å². The van der Waals surface area contributed by atoms with E-state index in [1.807, 2.05) is 0 Å². The van der Waals surface area contributed by atoms with Gasteiger partial charge in [0.2, 0.25) is 0 Å². The lowest BCUT2D eigenvalue weighted by Crippen LogP contribution is -2.30. The SMILES string of the molecule is O=C1C=C(c2ccccc2F)C(=O)N1c1cccc(Cl)c1. The molecule has 0 bridgehead atoms. The summed E-state index contributed by atoms with van der Waals surface area (Å²) < 4.78 is 13.8. The van der Waals surface area contributed by atoms with Crippen LogP contribution in [0, 0.1) is 5.82 Å². The van der Waals surface area contributed by atoms with Gasteiger partial charge in [-0.3, -0.25) is 9.59 Å². The molecule has 1 heterocycles. The summed E-state index contributed by atoms with van der Waals surface area (Å²) >= 11 is 5.87. The van der Waals surface area contributed by atoms with Gasteiger partial charge in [0.25, 0.3) is 11.8 Å². The maximum Gasteiger partial charge on any atom is 0.266 e. The number of halogens is 2. The predicted molar refractivity (Wildman–Crippen MR) is 78.3 cm³/mol. The highest BCUT2D eigenvalue weighted by Gasteiger charge is 2.34. The maximum absolute atomic E-state index is 13.8. The van der Waals surface area contributed by atoms with Gasteiger partial charge in [0, 0.05) is 16.7 Å². The number of anilines is 1. The molecule has 0 saturated heterocycles. The molecule has 1 aliphatic heterocycles. The Morgan fingerprint density at radius 3 is 2.48 bits per heavy atom. The average Bonchev–Trinajstić information content (AvgIpc) is 2.74. The van der Waals surface area contributed by atoms with E-state index in [1.54, 1.807) is 24.3 Å². The molecule has 0 unspecified atom stereocenters. The van der Waals surface area contributed by atoms with Gasteiger partial charge >= 0.3 is 0 Å². The van der Waals surface area contributed by atoms with Crippen molar-refractivity contribution in [1.82, 2.24) is 0 Å². The summed E-state index contributed by atoms with van der Waals surface area (Å²) in [4.78, 5) is 25.4. The first-order chi connectivity index (χ1) is 10.1. The highest BCUT2D eigenvalue weighted by atomic mass is 35.5. The zero-order valence-electron chi connectivity index (χ0n) is 10.7. The van der Waals surface area contributed by atoms with Crippen LogP contribution < -0.4 is 4.90 Å². The second-order valence-corrected chi connectivity index (χ2v) is 4.93. The van der Waals surface area contributed by atoms with Crippen molar-refractivity contribution in [2.75, 3.05) is 4.90 Å². The van der Waals surface area contributed by atoms with E-state index in [2.05, 4.69) is 0 Å². The van der Waals surface area contributed by atoms with Gasteiger partial charge in [-0.2, -0.15) is 0 Å². The Kier molecular flexibility index (Phi) is 3.31. The molecule has 5 heteroatoms. The van der Waals surface area contributed by atoms with Crippen molar-refractivity contribution in [1.29, 1.82) is 0 Å². The van der Waals surface area contributed by atoms with Crippen molar-refractivity contribution in [3.63, 3.8) is 0 Å². The van der Waals surface area contributed by atoms with E-state index >= 15 is 0 Å². The standard InChI is InChI=1S/C16H9ClFNO2/c17-10-4-3-5-11(8-10)19-15(20)9-13(16(19)21)12-6-1-2-7-14(12)18/h1-9H. The van der Waals surface area contributed by atoms with E-state index in [4.69, 9.17) is 11.6 Å². The zero-order valence-corrected chi connectivity index (χ0v) is 11.5. The van der Waals surface area contributed by atoms with Crippen LogP contribution in [-0.4, -0.2) is 11.8 Å². The van der Waals surface area contributed by atoms with Crippen LogP contribution in [0.4, 0.5) is 10.1 Å². The summed E-state index contributed by atoms with van der Waals surface area (Å²) in [6.07, 6.45) is 1.14. The fraction of sp³-hybridized carbons (Fsp3) is 0. The van der Waals surface area contributed by atoms with Crippen LogP contribution in [0.3, 0.4) is 0 Å². The molecule has 2 amide bonds. The summed E-state index contributed by atoms with van der Waals surface area (Å²) in [7, 11) is 0. The molecule has 0 fully saturated rings. The molecular formula is C16H9ClFNO2. The Morgan fingerprint density at radius 1 is 1.00 bits per heavy atom. The number of hydrogen-bond donors (Lipinski definition) is 0. The lowest BCUT2D eigenvalue weighted by Gasteiger charge is -2.15. The van der Waals surface area contributed by atoms with E-state index in [9.17, 15) is 14.0 Å². The normalized spacial score (nSPS) is 14.6. The molecule has 0 aliphatic carbocycles. The molecule has 21 heavy (non-hydrogen) atoms. The van der Waals surface area contributed by atoms with Gasteiger partial charge in [-0.15, -0.1) is 0 Å². The third kappa shape index (κ3) is 2.34. The van der Waals surface area contributed by atoms with Crippen LogP contribution in [0.1, 0.15) is 5.56 Å². The minimum absolute atomic E-state index is 0.0399. The van der Waals surface area contributed by atoms with Crippen molar-refractivity contribution < 1.29 is 14.0 Å². The monoisotopic (exact) mass is 301 g/mol. The molecule has 1 aliphatic rings. The second kappa shape index (κ2) is 5.14. The van der Waals surface area contributed by atoms with Gasteiger partial charge in [-0.1, -0.05) is 35.9 Å². The summed E-state index contributed by atoms with van der Waals surface area (Å²) in [6.45, 7) is 0. The smallest absolute Gasteiger partial charge is 0.266 e. The molecule has 0 N–H and O–H groups in total. The molecule has 3 rings (SSSR count). The lowest BCUT2D eigenvalue weighted by molar-refractivity contribution is -0.119. The van der Waals surface area contributed by atoms with Crippen LogP contribution in [0.5, 0.6) is 0 Å². The number of hydrogen-bond acceptors (Lipinski definition) is 2. The molecular weight excluding hydrogens is 293 g/mol. The van der Waals surface area contributed by atoms with E-state index in [1.165, 1.54) is 24.3 Å². The summed E-state index contributed by atoms with van der Waals surface area (Å²) in [5, 5.41) is 0.410. The van der Waals surface area contributed by atoms with Crippen molar-refractivity contribution in [2.24, 2.45) is 0 Å². The van der Waals surface area contributed by atoms with Gasteiger partial charge in [0.05, 0.1) is 11.3 Å². The number of nitrogens with zero attached hydrogens (tertiary/aromatic N) is 1. The fourth-order valence-corrected chi connectivity index (χ4v) is 2.39. The summed E-state index contributed by atoms with van der Waals surface area (Å²) in [5.41, 5.74) is 0.513. The van der Waals surface area contributed by atoms with Crippen LogP contribution >= 0.6 is 11.6 Å². The molecule has 2 aromatic rings. The Hall–Kier alpha value is -2.46. The number of carbonyl (C=O) groups is 2. The molecule has 0 spiro atoms. The van der Waals surface area contributed by atoms with Crippen molar-refractivity contribution in [3.05, 3.63) is 71.0 Å². The van der Waals surface area contributed by atoms with Gasteiger partial charge in [0.15, 0.2) is 0 Å². The summed E-state index contributed by atoms with van der Waals surface area (Å²) in [6, 6.07) is 12.2. The van der Waals surface area contributed by atoms with Crippen molar-refractivity contribution in [2.45, 2.75) is 0 Å². The van der Waals surface area contributed by atoms with Gasteiger partial charge in [-0.05, 0) is 24.3 Å². The third-order valence-electron chi connectivity index (χ3n) is 3.15. The van der Waals surface area contributed by atoms with E-state index in [0.29, 0.717) is 10.7 Å². The average molecular weight is 302 g/mol. The first kappa shape index (κ1) is 13.5. The van der Waals surface area contributed by atoms with Gasteiger partial charge in [-0.25, -0.2) is 9.29 Å². The molecule has 2 aromatic carbocycles. The maximum atomic E-state index is 13.8. The molecule has 0 atom stereocenters. The number of amides is 2. The van der Waals surface area contributed by atoms with E-state index < -0.39 is 17.6 Å². The van der Waals surface area contributed by atoms with Crippen LogP contribution in [-0.2, 0) is 9.59 Å². The molecule has 104 valence electrons. The Labute approximate surface area is 125 Å². The minimum Gasteiger partial charge on any atom is -0.269 e. The molecule has 0 aromatic heterocycles. The van der Waals surface area contributed by atoms with Crippen molar-refractivity contribution in [3.8, 4) is 0 Å². The Morgan fingerprint density at radius 2 is 1.76 bits per heavy atom. The highest BCUT2D eigenvalue weighted by Crippen LogP contribution is 2.30. The Balaban J connectivity index is 2.02. The molecule has 3 nitrogen and oxygen atoms in total. The number of benzene rings is 2. The first-order valence-electron chi connectivity index (χ1n) is 6.18. The van der Waals surface area contributed by atoms with Crippen LogP contribution in [0.2, 0.25) is 5.02 Å². The fourth-order valence-electron chi connectivity index (χ4n) is 2.20. The molecule has 0 radical (unpaired) electrons. The minimum atomic E-state index is -0.563. The third-order valence-corrected chi connectivity index (χ3v) is 3.39. The number of imide groups is 1. The summed E-state index contributed by atoms with van der Waals surface area (Å²) in [5.74, 6) is -1.62. The number of rotatable bonds is 2. The quantitative estimate of drug-likeness (QED) is 0.797. The van der Waals surface area contributed by atoms with E-state index in [-0.39, 0.29) is 11.1 Å². The highest BCUT2D eigenvalue weighted by molar-refractivity contribution is 6.43. The number of carbonyl (C=O) groups excluding carboxylic acids is 2. The zero-order chi connectivity index (χ0) is 15.0. The van der Waals surface area contributed by atoms with Crippen molar-refractivity contribution >= 4 is 34.7 Å². The van der Waals surface area contributed by atoms with Gasteiger partial charge < -0.3 is 0 Å². The largest absolute Gasteiger partial charge is 0.269 e. The van der Waals surface area contributed by atoms with Crippen LogP contribution in [0.15, 0.2) is 54.6 Å². The topological polar surface area (TPSA) is 37.4 Å².